The van der Waals surface area contributed by atoms with Crippen molar-refractivity contribution in [3.8, 4) is 5.75 Å². The Bertz CT molecular complexity index is 298. The minimum absolute atomic E-state index is 0.219. The van der Waals surface area contributed by atoms with Crippen LogP contribution in [0.15, 0.2) is 30.3 Å². The molecule has 0 amide bonds. The Morgan fingerprint density at radius 3 is 2.62 bits per heavy atom. The van der Waals surface area contributed by atoms with E-state index in [1.807, 2.05) is 30.3 Å². The highest BCUT2D eigenvalue weighted by molar-refractivity contribution is 5.20. The maximum absolute atomic E-state index is 5.91. The predicted molar refractivity (Wildman–Crippen MR) is 63.5 cm³/mol. The third-order valence-corrected chi connectivity index (χ3v) is 2.78. The zero-order chi connectivity index (χ0) is 11.2. The average Bonchev–Trinajstić information content (AvgIpc) is 3.13. The van der Waals surface area contributed by atoms with E-state index in [0.29, 0.717) is 25.7 Å². The number of hydrogen-bond acceptors (Lipinski definition) is 3. The second kappa shape index (κ2) is 5.87. The van der Waals surface area contributed by atoms with Crippen molar-refractivity contribution in [1.29, 1.82) is 0 Å². The molecule has 0 heterocycles. The van der Waals surface area contributed by atoms with Crippen LogP contribution in [0.25, 0.3) is 0 Å². The molecule has 1 saturated carbocycles. The van der Waals surface area contributed by atoms with E-state index in [-0.39, 0.29) is 6.04 Å². The van der Waals surface area contributed by atoms with Gasteiger partial charge in [0.2, 0.25) is 0 Å². The van der Waals surface area contributed by atoms with Crippen LogP contribution in [-0.2, 0) is 4.74 Å². The maximum Gasteiger partial charge on any atom is 0.119 e. The van der Waals surface area contributed by atoms with Gasteiger partial charge in [-0.3, -0.25) is 0 Å². The molecule has 0 bridgehead atoms. The molecule has 0 saturated heterocycles. The summed E-state index contributed by atoms with van der Waals surface area (Å²) in [4.78, 5) is 0. The van der Waals surface area contributed by atoms with Crippen LogP contribution >= 0.6 is 0 Å². The molecule has 1 atom stereocenters. The molecule has 1 aromatic carbocycles. The fourth-order valence-corrected chi connectivity index (χ4v) is 1.62. The summed E-state index contributed by atoms with van der Waals surface area (Å²) in [6.07, 6.45) is 2.54. The summed E-state index contributed by atoms with van der Waals surface area (Å²) in [7, 11) is 0. The molecule has 1 unspecified atom stereocenters. The van der Waals surface area contributed by atoms with Crippen LogP contribution in [0.5, 0.6) is 5.75 Å². The fraction of sp³-hybridized carbons (Fsp3) is 0.538. The molecule has 88 valence electrons. The molecule has 1 aliphatic carbocycles. The van der Waals surface area contributed by atoms with Gasteiger partial charge in [0.1, 0.15) is 12.4 Å². The zero-order valence-electron chi connectivity index (χ0n) is 9.47. The van der Waals surface area contributed by atoms with Gasteiger partial charge < -0.3 is 15.2 Å². The molecule has 3 heteroatoms. The number of ether oxygens (including phenoxy) is 2. The van der Waals surface area contributed by atoms with E-state index in [4.69, 9.17) is 15.2 Å². The molecule has 1 fully saturated rings. The highest BCUT2D eigenvalue weighted by Crippen LogP contribution is 2.31. The van der Waals surface area contributed by atoms with E-state index in [9.17, 15) is 0 Å². The Morgan fingerprint density at radius 2 is 1.94 bits per heavy atom. The quantitative estimate of drug-likeness (QED) is 0.714. The van der Waals surface area contributed by atoms with E-state index in [1.165, 1.54) is 12.8 Å². The maximum atomic E-state index is 5.91. The van der Waals surface area contributed by atoms with Gasteiger partial charge in [0, 0.05) is 6.04 Å². The van der Waals surface area contributed by atoms with Gasteiger partial charge in [-0.2, -0.15) is 0 Å². The van der Waals surface area contributed by atoms with Gasteiger partial charge in [0.05, 0.1) is 13.2 Å². The zero-order valence-corrected chi connectivity index (χ0v) is 9.47. The van der Waals surface area contributed by atoms with Crippen LogP contribution in [0, 0.1) is 5.92 Å². The highest BCUT2D eigenvalue weighted by Gasteiger charge is 2.28. The first kappa shape index (κ1) is 11.4. The smallest absolute Gasteiger partial charge is 0.119 e. The van der Waals surface area contributed by atoms with Crippen molar-refractivity contribution in [2.75, 3.05) is 19.8 Å². The van der Waals surface area contributed by atoms with Crippen LogP contribution in [-0.4, -0.2) is 25.9 Å². The van der Waals surface area contributed by atoms with E-state index < -0.39 is 0 Å². The second-order valence-electron chi connectivity index (χ2n) is 4.24. The Morgan fingerprint density at radius 1 is 1.19 bits per heavy atom. The standard InChI is InChI=1S/C13H19NO2/c14-13(11-6-7-11)10-15-8-9-16-12-4-2-1-3-5-12/h1-5,11,13H,6-10,14H2. The number of rotatable bonds is 7. The van der Waals surface area contributed by atoms with E-state index in [1.54, 1.807) is 0 Å². The molecule has 0 radical (unpaired) electrons. The molecule has 0 spiro atoms. The molecular formula is C13H19NO2. The Labute approximate surface area is 96.5 Å². The number of para-hydroxylation sites is 1. The van der Waals surface area contributed by atoms with E-state index >= 15 is 0 Å². The lowest BCUT2D eigenvalue weighted by atomic mass is 10.2. The Balaban J connectivity index is 1.52. The molecular weight excluding hydrogens is 202 g/mol. The predicted octanol–water partition coefficient (Wildman–Crippen LogP) is 1.82. The van der Waals surface area contributed by atoms with Crippen molar-refractivity contribution in [2.45, 2.75) is 18.9 Å². The fourth-order valence-electron chi connectivity index (χ4n) is 1.62. The van der Waals surface area contributed by atoms with Crippen molar-refractivity contribution >= 4 is 0 Å². The lowest BCUT2D eigenvalue weighted by molar-refractivity contribution is 0.0867. The van der Waals surface area contributed by atoms with Crippen molar-refractivity contribution in [3.63, 3.8) is 0 Å². The summed E-state index contributed by atoms with van der Waals surface area (Å²) < 4.78 is 11.0. The van der Waals surface area contributed by atoms with Crippen molar-refractivity contribution < 1.29 is 9.47 Å². The molecule has 16 heavy (non-hydrogen) atoms. The van der Waals surface area contributed by atoms with Gasteiger partial charge in [-0.15, -0.1) is 0 Å². The van der Waals surface area contributed by atoms with Crippen LogP contribution in [0.3, 0.4) is 0 Å². The number of nitrogens with two attached hydrogens (primary N) is 1. The first-order valence-corrected chi connectivity index (χ1v) is 5.87. The first-order chi connectivity index (χ1) is 7.86. The molecule has 0 aromatic heterocycles. The van der Waals surface area contributed by atoms with Crippen molar-refractivity contribution in [2.24, 2.45) is 11.7 Å². The average molecular weight is 221 g/mol. The van der Waals surface area contributed by atoms with E-state index in [0.717, 1.165) is 5.75 Å². The van der Waals surface area contributed by atoms with Gasteiger partial charge in [-0.05, 0) is 30.9 Å². The summed E-state index contributed by atoms with van der Waals surface area (Å²) in [5.41, 5.74) is 5.91. The summed E-state index contributed by atoms with van der Waals surface area (Å²) in [5, 5.41) is 0. The summed E-state index contributed by atoms with van der Waals surface area (Å²) in [5.74, 6) is 1.59. The minimum Gasteiger partial charge on any atom is -0.491 e. The second-order valence-corrected chi connectivity index (χ2v) is 4.24. The first-order valence-electron chi connectivity index (χ1n) is 5.87. The topological polar surface area (TPSA) is 44.5 Å². The normalized spacial score (nSPS) is 17.1. The molecule has 1 aromatic rings. The van der Waals surface area contributed by atoms with Crippen LogP contribution in [0.4, 0.5) is 0 Å². The van der Waals surface area contributed by atoms with Crippen molar-refractivity contribution in [1.82, 2.24) is 0 Å². The van der Waals surface area contributed by atoms with Crippen LogP contribution in [0.2, 0.25) is 0 Å². The Hall–Kier alpha value is -1.06. The lowest BCUT2D eigenvalue weighted by Crippen LogP contribution is -2.29. The molecule has 2 N–H and O–H groups in total. The summed E-state index contributed by atoms with van der Waals surface area (Å²) in [6.45, 7) is 1.85. The minimum atomic E-state index is 0.219. The molecule has 2 rings (SSSR count). The van der Waals surface area contributed by atoms with Gasteiger partial charge in [0.25, 0.3) is 0 Å². The number of hydrogen-bond donors (Lipinski definition) is 1. The van der Waals surface area contributed by atoms with Crippen molar-refractivity contribution in [3.05, 3.63) is 30.3 Å². The summed E-state index contributed by atoms with van der Waals surface area (Å²) >= 11 is 0. The molecule has 0 aliphatic heterocycles. The molecule has 3 nitrogen and oxygen atoms in total. The van der Waals surface area contributed by atoms with Gasteiger partial charge in [-0.25, -0.2) is 0 Å². The van der Waals surface area contributed by atoms with E-state index in [2.05, 4.69) is 0 Å². The third-order valence-electron chi connectivity index (χ3n) is 2.78. The van der Waals surface area contributed by atoms with Gasteiger partial charge in [-0.1, -0.05) is 18.2 Å². The summed E-state index contributed by atoms with van der Waals surface area (Å²) in [6, 6.07) is 9.99. The SMILES string of the molecule is NC(COCCOc1ccccc1)C1CC1. The lowest BCUT2D eigenvalue weighted by Gasteiger charge is -2.11. The highest BCUT2D eigenvalue weighted by atomic mass is 16.5. The Kier molecular flexibility index (Phi) is 4.19. The molecule has 1 aliphatic rings. The van der Waals surface area contributed by atoms with Gasteiger partial charge in [0.15, 0.2) is 0 Å². The third kappa shape index (κ3) is 3.83. The van der Waals surface area contributed by atoms with Crippen LogP contribution < -0.4 is 10.5 Å². The van der Waals surface area contributed by atoms with Gasteiger partial charge >= 0.3 is 0 Å². The van der Waals surface area contributed by atoms with Crippen LogP contribution in [0.1, 0.15) is 12.8 Å². The largest absolute Gasteiger partial charge is 0.491 e. The number of benzene rings is 1. The monoisotopic (exact) mass is 221 g/mol.